The fourth-order valence-corrected chi connectivity index (χ4v) is 2.52. The molecule has 1 atom stereocenters. The van der Waals surface area contributed by atoms with Crippen molar-refractivity contribution in [3.05, 3.63) is 28.2 Å². The molecule has 3 N–H and O–H groups in total. The molecule has 1 aromatic carbocycles. The lowest BCUT2D eigenvalue weighted by Gasteiger charge is -2.16. The van der Waals surface area contributed by atoms with Gasteiger partial charge in [0.1, 0.15) is 0 Å². The number of rotatable bonds is 6. The van der Waals surface area contributed by atoms with E-state index in [1.165, 1.54) is 0 Å². The third-order valence-corrected chi connectivity index (χ3v) is 3.72. The molecule has 0 aliphatic heterocycles. The number of anilines is 1. The molecule has 0 radical (unpaired) electrons. The number of nitrogens with two attached hydrogens (primary N) is 1. The number of carbonyl (C=O) groups excluding carboxylic acids is 1. The predicted octanol–water partition coefficient (Wildman–Crippen LogP) is 3.65. The van der Waals surface area contributed by atoms with Crippen LogP contribution in [-0.2, 0) is 11.2 Å². The molecule has 0 aliphatic carbocycles. The van der Waals surface area contributed by atoms with Gasteiger partial charge in [0.25, 0.3) is 0 Å². The summed E-state index contributed by atoms with van der Waals surface area (Å²) in [7, 11) is 0. The lowest BCUT2D eigenvalue weighted by molar-refractivity contribution is -0.118. The van der Waals surface area contributed by atoms with Gasteiger partial charge < -0.3 is 11.1 Å². The maximum Gasteiger partial charge on any atom is 0.234 e. The number of hydrogen-bond acceptors (Lipinski definition) is 2. The van der Waals surface area contributed by atoms with Crippen LogP contribution in [0.15, 0.2) is 22.7 Å². The average molecular weight is 343 g/mol. The number of carbonyl (C=O) groups is 1. The molecule has 0 heterocycles. The second kappa shape index (κ2) is 7.60. The van der Waals surface area contributed by atoms with Crippen molar-refractivity contribution in [1.82, 2.24) is 0 Å². The van der Waals surface area contributed by atoms with E-state index in [9.17, 15) is 4.79 Å². The Labute approximate surface area is 128 Å². The van der Waals surface area contributed by atoms with Crippen LogP contribution in [0.4, 0.5) is 5.69 Å². The number of nitrogens with one attached hydrogen (secondary N) is 1. The highest BCUT2D eigenvalue weighted by molar-refractivity contribution is 9.10. The molecule has 0 bridgehead atoms. The lowest BCUT2D eigenvalue weighted by Crippen LogP contribution is -2.33. The summed E-state index contributed by atoms with van der Waals surface area (Å²) in [5.74, 6) is -0.514. The Morgan fingerprint density at radius 2 is 2.16 bits per heavy atom. The Balaban J connectivity index is 2.89. The molecule has 0 spiro atoms. The number of amides is 1. The maximum atomic E-state index is 12.2. The van der Waals surface area contributed by atoms with Gasteiger partial charge in [0.05, 0.1) is 10.9 Å². The van der Waals surface area contributed by atoms with Crippen molar-refractivity contribution in [2.24, 2.45) is 11.7 Å². The van der Waals surface area contributed by atoms with Gasteiger partial charge in [0.15, 0.2) is 0 Å². The zero-order chi connectivity index (χ0) is 14.4. The summed E-state index contributed by atoms with van der Waals surface area (Å²) < 4.78 is 1.00. The largest absolute Gasteiger partial charge is 0.393 e. The smallest absolute Gasteiger partial charge is 0.234 e. The van der Waals surface area contributed by atoms with Crippen LogP contribution >= 0.6 is 28.1 Å². The van der Waals surface area contributed by atoms with E-state index in [2.05, 4.69) is 28.2 Å². The van der Waals surface area contributed by atoms with Gasteiger partial charge in [0, 0.05) is 10.2 Å². The maximum absolute atomic E-state index is 12.2. The van der Waals surface area contributed by atoms with Gasteiger partial charge >= 0.3 is 0 Å². The monoisotopic (exact) mass is 342 g/mol. The van der Waals surface area contributed by atoms with Crippen LogP contribution < -0.4 is 11.1 Å². The second-order valence-corrected chi connectivity index (χ2v) is 5.77. The SMILES string of the molecule is CCCC(C(=O)Nc1ccc(Br)cc1CC)C(N)=S. The first kappa shape index (κ1) is 16.1. The van der Waals surface area contributed by atoms with Gasteiger partial charge in [-0.1, -0.05) is 48.4 Å². The summed E-state index contributed by atoms with van der Waals surface area (Å²) in [6.07, 6.45) is 2.40. The van der Waals surface area contributed by atoms with E-state index in [1.807, 2.05) is 25.1 Å². The first-order chi connectivity index (χ1) is 8.99. The highest BCUT2D eigenvalue weighted by atomic mass is 79.9. The molecule has 104 valence electrons. The molecule has 1 unspecified atom stereocenters. The van der Waals surface area contributed by atoms with Crippen LogP contribution in [0.25, 0.3) is 0 Å². The van der Waals surface area contributed by atoms with Crippen LogP contribution in [0, 0.1) is 5.92 Å². The molecule has 1 rings (SSSR count). The van der Waals surface area contributed by atoms with Crippen LogP contribution in [0.3, 0.4) is 0 Å². The summed E-state index contributed by atoms with van der Waals surface area (Å²) >= 11 is 8.39. The molecular weight excluding hydrogens is 324 g/mol. The minimum absolute atomic E-state index is 0.119. The third kappa shape index (κ3) is 4.58. The Bertz CT molecular complexity index is 477. The van der Waals surface area contributed by atoms with Crippen LogP contribution in [0.5, 0.6) is 0 Å². The van der Waals surface area contributed by atoms with Crippen molar-refractivity contribution >= 4 is 44.7 Å². The summed E-state index contributed by atoms with van der Waals surface area (Å²) in [5, 5.41) is 2.93. The highest BCUT2D eigenvalue weighted by Crippen LogP contribution is 2.22. The molecule has 0 aromatic heterocycles. The van der Waals surface area contributed by atoms with E-state index in [1.54, 1.807) is 0 Å². The van der Waals surface area contributed by atoms with E-state index < -0.39 is 5.92 Å². The molecular formula is C14H19BrN2OS. The minimum atomic E-state index is -0.395. The number of halogens is 1. The highest BCUT2D eigenvalue weighted by Gasteiger charge is 2.21. The molecule has 5 heteroatoms. The number of thiocarbonyl (C=S) groups is 1. The number of aryl methyl sites for hydroxylation is 1. The van der Waals surface area contributed by atoms with Crippen LogP contribution in [-0.4, -0.2) is 10.9 Å². The molecule has 1 amide bonds. The average Bonchev–Trinajstić information content (AvgIpc) is 2.37. The zero-order valence-electron chi connectivity index (χ0n) is 11.2. The zero-order valence-corrected chi connectivity index (χ0v) is 13.6. The quantitative estimate of drug-likeness (QED) is 0.775. The van der Waals surface area contributed by atoms with E-state index in [-0.39, 0.29) is 10.9 Å². The molecule has 1 aromatic rings. The first-order valence-corrected chi connectivity index (χ1v) is 7.58. The van der Waals surface area contributed by atoms with Crippen molar-refractivity contribution in [2.45, 2.75) is 33.1 Å². The molecule has 0 aliphatic rings. The Morgan fingerprint density at radius 1 is 1.47 bits per heavy atom. The Hall–Kier alpha value is -0.940. The summed E-state index contributed by atoms with van der Waals surface area (Å²) in [6, 6.07) is 5.80. The lowest BCUT2D eigenvalue weighted by atomic mass is 10.0. The van der Waals surface area contributed by atoms with Gasteiger partial charge in [-0.05, 0) is 36.6 Å². The fraction of sp³-hybridized carbons (Fsp3) is 0.429. The molecule has 3 nitrogen and oxygen atoms in total. The first-order valence-electron chi connectivity index (χ1n) is 6.38. The van der Waals surface area contributed by atoms with Crippen molar-refractivity contribution in [3.8, 4) is 0 Å². The summed E-state index contributed by atoms with van der Waals surface area (Å²) in [4.78, 5) is 12.5. The number of benzene rings is 1. The Morgan fingerprint density at radius 3 is 2.68 bits per heavy atom. The third-order valence-electron chi connectivity index (χ3n) is 2.94. The topological polar surface area (TPSA) is 55.1 Å². The van der Waals surface area contributed by atoms with Crippen LogP contribution in [0.2, 0.25) is 0 Å². The summed E-state index contributed by atoms with van der Waals surface area (Å²) in [6.45, 7) is 4.06. The molecule has 19 heavy (non-hydrogen) atoms. The Kier molecular flexibility index (Phi) is 6.45. The van der Waals surface area contributed by atoms with E-state index >= 15 is 0 Å². The normalized spacial score (nSPS) is 11.9. The van der Waals surface area contributed by atoms with Gasteiger partial charge in [-0.3, -0.25) is 4.79 Å². The molecule has 0 saturated carbocycles. The summed E-state index contributed by atoms with van der Waals surface area (Å²) in [5.41, 5.74) is 7.55. The van der Waals surface area contributed by atoms with Crippen molar-refractivity contribution in [3.63, 3.8) is 0 Å². The second-order valence-electron chi connectivity index (χ2n) is 4.39. The fourth-order valence-electron chi connectivity index (χ4n) is 1.89. The van der Waals surface area contributed by atoms with Crippen LogP contribution in [0.1, 0.15) is 32.3 Å². The van der Waals surface area contributed by atoms with Gasteiger partial charge in [0.2, 0.25) is 5.91 Å². The van der Waals surface area contributed by atoms with E-state index in [0.717, 1.165) is 28.6 Å². The predicted molar refractivity (Wildman–Crippen MR) is 87.3 cm³/mol. The van der Waals surface area contributed by atoms with Gasteiger partial charge in [-0.15, -0.1) is 0 Å². The molecule has 0 fully saturated rings. The van der Waals surface area contributed by atoms with Gasteiger partial charge in [-0.25, -0.2) is 0 Å². The van der Waals surface area contributed by atoms with Crippen molar-refractivity contribution in [1.29, 1.82) is 0 Å². The molecule has 0 saturated heterocycles. The van der Waals surface area contributed by atoms with Crippen molar-refractivity contribution < 1.29 is 4.79 Å². The standard InChI is InChI=1S/C14H19BrN2OS/c1-3-5-11(13(16)19)14(18)17-12-7-6-10(15)8-9(12)4-2/h6-8,11H,3-5H2,1-2H3,(H2,16,19)(H,17,18). The van der Waals surface area contributed by atoms with Crippen molar-refractivity contribution in [2.75, 3.05) is 5.32 Å². The van der Waals surface area contributed by atoms with Gasteiger partial charge in [-0.2, -0.15) is 0 Å². The number of hydrogen-bond donors (Lipinski definition) is 2. The van der Waals surface area contributed by atoms with E-state index in [0.29, 0.717) is 6.42 Å². The minimum Gasteiger partial charge on any atom is -0.393 e. The van der Waals surface area contributed by atoms with E-state index in [4.69, 9.17) is 18.0 Å².